The molecule has 3 aliphatic rings. The maximum Gasteiger partial charge on any atom is 0.358 e. The number of carbonyl (C=O) groups excluding carboxylic acids is 2. The van der Waals surface area contributed by atoms with Gasteiger partial charge >= 0.3 is 15.2 Å². The van der Waals surface area contributed by atoms with Gasteiger partial charge in [-0.05, 0) is 91.3 Å². The second-order valence-electron chi connectivity index (χ2n) is 11.3. The first-order valence-corrected chi connectivity index (χ1v) is 17.7. The smallest absolute Gasteiger partial charge is 0.339 e. The quantitative estimate of drug-likeness (QED) is 0.151. The highest BCUT2D eigenvalue weighted by Crippen LogP contribution is 2.53. The molecule has 0 fully saturated rings. The average Bonchev–Trinajstić information content (AvgIpc) is 3.30. The SMILES string of the molecule is CCn1c2ccc3cc2c2c4c(c(N(C=O)c5ccccc5P(=O)(O)O)c(c21)N(C=O)c1cc(ccc1P(=O)(O)O)CC4)CC3. The van der Waals surface area contributed by atoms with Crippen molar-refractivity contribution < 1.29 is 38.3 Å². The number of aromatic nitrogens is 1. The Balaban J connectivity index is 1.74. The summed E-state index contributed by atoms with van der Waals surface area (Å²) in [5.74, 6) is 0. The van der Waals surface area contributed by atoms with Gasteiger partial charge in [0, 0.05) is 22.8 Å². The summed E-state index contributed by atoms with van der Waals surface area (Å²) in [7, 11) is -9.79. The zero-order valence-electron chi connectivity index (χ0n) is 24.1. The minimum Gasteiger partial charge on any atom is -0.339 e. The third-order valence-electron chi connectivity index (χ3n) is 8.93. The summed E-state index contributed by atoms with van der Waals surface area (Å²) < 4.78 is 27.5. The molecule has 5 aromatic rings. The molecule has 13 heteroatoms. The predicted molar refractivity (Wildman–Crippen MR) is 173 cm³/mol. The number of hydrogen-bond acceptors (Lipinski definition) is 4. The number of nitrogens with zero attached hydrogens (tertiary/aromatic N) is 3. The van der Waals surface area contributed by atoms with Gasteiger partial charge in [0.05, 0.1) is 38.9 Å². The topological polar surface area (TPSA) is 161 Å². The predicted octanol–water partition coefficient (Wildman–Crippen LogP) is 4.21. The summed E-state index contributed by atoms with van der Waals surface area (Å²) in [5.41, 5.74) is 5.33. The van der Waals surface area contributed by atoms with Crippen LogP contribution in [0.3, 0.4) is 0 Å². The Morgan fingerprint density at radius 3 is 2.16 bits per heavy atom. The molecular formula is C32H29N3O8P2. The van der Waals surface area contributed by atoms with Crippen LogP contribution in [0.25, 0.3) is 21.8 Å². The summed E-state index contributed by atoms with van der Waals surface area (Å²) in [6, 6.07) is 16.5. The summed E-state index contributed by atoms with van der Waals surface area (Å²) in [5, 5.41) is 1.12. The van der Waals surface area contributed by atoms with Crippen LogP contribution in [0.5, 0.6) is 0 Å². The number of carbonyl (C=O) groups is 2. The molecule has 4 aromatic carbocycles. The lowest BCUT2D eigenvalue weighted by molar-refractivity contribution is -0.107. The zero-order chi connectivity index (χ0) is 31.8. The van der Waals surface area contributed by atoms with E-state index in [0.29, 0.717) is 50.6 Å². The van der Waals surface area contributed by atoms with Gasteiger partial charge in [0.2, 0.25) is 12.8 Å². The lowest BCUT2D eigenvalue weighted by atomic mass is 9.86. The number of amides is 2. The molecule has 2 aliphatic heterocycles. The van der Waals surface area contributed by atoms with Crippen LogP contribution in [0.2, 0.25) is 0 Å². The van der Waals surface area contributed by atoms with Gasteiger partial charge in [-0.2, -0.15) is 0 Å². The molecule has 8 bridgehead atoms. The number of aryl methyl sites for hydroxylation is 4. The molecule has 45 heavy (non-hydrogen) atoms. The molecule has 0 saturated heterocycles. The van der Waals surface area contributed by atoms with E-state index in [2.05, 4.69) is 6.07 Å². The molecule has 0 spiro atoms. The Morgan fingerprint density at radius 2 is 1.49 bits per heavy atom. The van der Waals surface area contributed by atoms with Crippen LogP contribution in [-0.2, 0) is 50.9 Å². The van der Waals surface area contributed by atoms with Crippen LogP contribution in [0.4, 0.5) is 22.7 Å². The largest absolute Gasteiger partial charge is 0.358 e. The lowest BCUT2D eigenvalue weighted by Crippen LogP contribution is -2.30. The van der Waals surface area contributed by atoms with Crippen LogP contribution in [0.1, 0.15) is 29.2 Å². The molecule has 3 heterocycles. The maximum absolute atomic E-state index is 13.3. The Bertz CT molecular complexity index is 2180. The van der Waals surface area contributed by atoms with Crippen LogP contribution < -0.4 is 20.4 Å². The van der Waals surface area contributed by atoms with Crippen molar-refractivity contribution in [2.75, 3.05) is 9.80 Å². The fraction of sp³-hybridized carbons (Fsp3) is 0.188. The van der Waals surface area contributed by atoms with E-state index in [4.69, 9.17) is 0 Å². The number of benzene rings is 4. The molecule has 8 rings (SSSR count). The van der Waals surface area contributed by atoms with E-state index in [1.54, 1.807) is 18.2 Å². The van der Waals surface area contributed by atoms with E-state index in [1.807, 2.05) is 23.6 Å². The number of hydrogen-bond donors (Lipinski definition) is 4. The zero-order valence-corrected chi connectivity index (χ0v) is 25.9. The van der Waals surface area contributed by atoms with Crippen molar-refractivity contribution in [3.05, 3.63) is 82.9 Å². The molecule has 230 valence electrons. The third-order valence-corrected chi connectivity index (χ3v) is 10.9. The standard InChI is InChI=1S/C32H29N3O8P2/c1-2-33-24-13-9-19-8-12-22-21-11-7-20-10-14-28(45(41,42)43)26(16-20)35(18-37)32(31(33)29(21)23(24)15-19)30(22)34(17-36)25-5-3-4-6-27(25)44(38,39)40/h3-6,9-10,13-18H,2,7-8,11-12H2,1H3,(H2,38,39,40)(H2,41,42,43). The van der Waals surface area contributed by atoms with Crippen molar-refractivity contribution in [1.82, 2.24) is 4.57 Å². The Labute approximate surface area is 257 Å². The van der Waals surface area contributed by atoms with E-state index in [1.165, 1.54) is 34.1 Å². The molecule has 11 nitrogen and oxygen atoms in total. The first-order chi connectivity index (χ1) is 21.5. The molecule has 0 atom stereocenters. The highest BCUT2D eigenvalue weighted by Gasteiger charge is 2.37. The van der Waals surface area contributed by atoms with Gasteiger partial charge in [0.15, 0.2) is 0 Å². The Hall–Kier alpha value is -4.08. The fourth-order valence-electron chi connectivity index (χ4n) is 7.10. The fourth-order valence-corrected chi connectivity index (χ4v) is 8.60. The van der Waals surface area contributed by atoms with Gasteiger partial charge in [0.25, 0.3) is 0 Å². The second-order valence-corrected chi connectivity index (χ2v) is 14.5. The van der Waals surface area contributed by atoms with Gasteiger partial charge in [-0.3, -0.25) is 28.5 Å². The highest BCUT2D eigenvalue weighted by atomic mass is 31.2. The number of fused-ring (bicyclic) bond motifs is 2. The van der Waals surface area contributed by atoms with Gasteiger partial charge in [0.1, 0.15) is 0 Å². The third kappa shape index (κ3) is 4.50. The van der Waals surface area contributed by atoms with Gasteiger partial charge < -0.3 is 24.1 Å². The summed E-state index contributed by atoms with van der Waals surface area (Å²) >= 11 is 0. The van der Waals surface area contributed by atoms with E-state index in [-0.39, 0.29) is 33.4 Å². The van der Waals surface area contributed by atoms with Crippen molar-refractivity contribution in [2.45, 2.75) is 39.2 Å². The number of rotatable bonds is 7. The molecule has 0 unspecified atom stereocenters. The van der Waals surface area contributed by atoms with Gasteiger partial charge in [-0.1, -0.05) is 24.3 Å². The minimum atomic E-state index is -4.90. The van der Waals surface area contributed by atoms with Crippen molar-refractivity contribution >= 4 is 83.2 Å². The van der Waals surface area contributed by atoms with Crippen molar-refractivity contribution in [1.29, 1.82) is 0 Å². The lowest BCUT2D eigenvalue weighted by Gasteiger charge is -2.34. The van der Waals surface area contributed by atoms with E-state index >= 15 is 0 Å². The summed E-state index contributed by atoms with van der Waals surface area (Å²) in [4.78, 5) is 70.4. The minimum absolute atomic E-state index is 0.0289. The first kappa shape index (κ1) is 29.6. The molecule has 2 amide bonds. The van der Waals surface area contributed by atoms with Crippen LogP contribution in [0.15, 0.2) is 60.7 Å². The molecule has 1 aliphatic carbocycles. The summed E-state index contributed by atoms with van der Waals surface area (Å²) in [6.07, 6.45) is 2.96. The van der Waals surface area contributed by atoms with E-state index in [0.717, 1.165) is 38.5 Å². The normalized spacial score (nSPS) is 14.4. The van der Waals surface area contributed by atoms with Crippen LogP contribution in [-0.4, -0.2) is 37.0 Å². The Morgan fingerprint density at radius 1 is 0.822 bits per heavy atom. The van der Waals surface area contributed by atoms with E-state index in [9.17, 15) is 38.3 Å². The van der Waals surface area contributed by atoms with Crippen LogP contribution in [0, 0.1) is 0 Å². The number of para-hydroxylation sites is 1. The average molecular weight is 646 g/mol. The Kier molecular flexibility index (Phi) is 6.91. The molecular weight excluding hydrogens is 616 g/mol. The molecule has 0 saturated carbocycles. The van der Waals surface area contributed by atoms with Crippen molar-refractivity contribution in [3.8, 4) is 0 Å². The second kappa shape index (κ2) is 10.5. The van der Waals surface area contributed by atoms with Crippen molar-refractivity contribution in [2.24, 2.45) is 0 Å². The number of anilines is 4. The summed E-state index contributed by atoms with van der Waals surface area (Å²) in [6.45, 7) is 2.41. The van der Waals surface area contributed by atoms with Gasteiger partial charge in [-0.15, -0.1) is 0 Å². The van der Waals surface area contributed by atoms with Crippen molar-refractivity contribution in [3.63, 3.8) is 0 Å². The maximum atomic E-state index is 13.3. The molecule has 4 N–H and O–H groups in total. The molecule has 0 radical (unpaired) electrons. The highest BCUT2D eigenvalue weighted by molar-refractivity contribution is 7.61. The van der Waals surface area contributed by atoms with E-state index < -0.39 is 15.2 Å². The first-order valence-electron chi connectivity index (χ1n) is 14.4. The van der Waals surface area contributed by atoms with Crippen LogP contribution >= 0.6 is 15.2 Å². The van der Waals surface area contributed by atoms with Gasteiger partial charge in [-0.25, -0.2) is 0 Å². The monoisotopic (exact) mass is 645 g/mol. The molecule has 1 aromatic heterocycles.